The van der Waals surface area contributed by atoms with Crippen molar-refractivity contribution in [1.82, 2.24) is 0 Å². The van der Waals surface area contributed by atoms with E-state index in [4.69, 9.17) is 5.73 Å². The van der Waals surface area contributed by atoms with E-state index in [1.165, 1.54) is 11.1 Å². The van der Waals surface area contributed by atoms with Gasteiger partial charge >= 0.3 is 0 Å². The smallest absolute Gasteiger partial charge is 0.272 e. The number of benzene rings is 1. The molecule has 0 unspecified atom stereocenters. The molecule has 0 saturated heterocycles. The van der Waals surface area contributed by atoms with Gasteiger partial charge < -0.3 is 11.1 Å². The minimum absolute atomic E-state index is 0.264. The Hall–Kier alpha value is -1.35. The standard InChI is InChI=1S/C15H24N2O/c1-10(2)12-5-7-13(8-6-12)15(11(3)4)17-9-14(16)18/h5-8,10-11,15,17H,9H2,1-4H3,(H2,16,18)/p+1/t15-/m0/s1. The average Bonchev–Trinajstić information content (AvgIpc) is 2.29. The first kappa shape index (κ1) is 14.7. The zero-order chi connectivity index (χ0) is 13.7. The van der Waals surface area contributed by atoms with Crippen molar-refractivity contribution in [3.63, 3.8) is 0 Å². The van der Waals surface area contributed by atoms with Crippen molar-refractivity contribution in [3.8, 4) is 0 Å². The fraction of sp³-hybridized carbons (Fsp3) is 0.533. The predicted molar refractivity (Wildman–Crippen MR) is 74.1 cm³/mol. The van der Waals surface area contributed by atoms with Crippen LogP contribution in [0.25, 0.3) is 0 Å². The van der Waals surface area contributed by atoms with Crippen molar-refractivity contribution in [2.75, 3.05) is 6.54 Å². The predicted octanol–water partition coefficient (Wildman–Crippen LogP) is 1.56. The number of amides is 1. The van der Waals surface area contributed by atoms with Gasteiger partial charge in [0.25, 0.3) is 5.91 Å². The molecule has 0 aliphatic carbocycles. The van der Waals surface area contributed by atoms with Crippen molar-refractivity contribution >= 4 is 5.91 Å². The number of nitrogens with two attached hydrogens (primary N) is 2. The Kier molecular flexibility index (Phi) is 5.35. The van der Waals surface area contributed by atoms with E-state index in [1.807, 2.05) is 5.32 Å². The largest absolute Gasteiger partial charge is 0.365 e. The molecule has 1 rings (SSSR count). The minimum atomic E-state index is -0.264. The third-order valence-corrected chi connectivity index (χ3v) is 3.28. The van der Waals surface area contributed by atoms with Crippen LogP contribution in [-0.4, -0.2) is 12.5 Å². The first-order valence-corrected chi connectivity index (χ1v) is 6.63. The Morgan fingerprint density at radius 1 is 1.11 bits per heavy atom. The van der Waals surface area contributed by atoms with Gasteiger partial charge in [-0.25, -0.2) is 0 Å². The Morgan fingerprint density at radius 3 is 2.00 bits per heavy atom. The number of rotatable bonds is 6. The summed E-state index contributed by atoms with van der Waals surface area (Å²) in [7, 11) is 0. The SMILES string of the molecule is CC(C)c1ccc([C@@H]([NH2+]CC(N)=O)C(C)C)cc1. The summed E-state index contributed by atoms with van der Waals surface area (Å²) in [5.74, 6) is 0.750. The van der Waals surface area contributed by atoms with Crippen molar-refractivity contribution < 1.29 is 10.1 Å². The number of carbonyl (C=O) groups is 1. The van der Waals surface area contributed by atoms with Crippen LogP contribution >= 0.6 is 0 Å². The van der Waals surface area contributed by atoms with Gasteiger partial charge in [0.1, 0.15) is 6.04 Å². The molecule has 1 aromatic rings. The molecule has 3 nitrogen and oxygen atoms in total. The lowest BCUT2D eigenvalue weighted by atomic mass is 9.93. The molecule has 0 aromatic heterocycles. The number of hydrogen-bond donors (Lipinski definition) is 2. The van der Waals surface area contributed by atoms with Crippen LogP contribution in [0.15, 0.2) is 24.3 Å². The van der Waals surface area contributed by atoms with Crippen molar-refractivity contribution in [2.24, 2.45) is 11.7 Å². The topological polar surface area (TPSA) is 59.7 Å². The van der Waals surface area contributed by atoms with Crippen molar-refractivity contribution in [3.05, 3.63) is 35.4 Å². The summed E-state index contributed by atoms with van der Waals surface area (Å²) in [5.41, 5.74) is 7.82. The fourth-order valence-electron chi connectivity index (χ4n) is 2.14. The first-order valence-electron chi connectivity index (χ1n) is 6.63. The summed E-state index contributed by atoms with van der Waals surface area (Å²) >= 11 is 0. The van der Waals surface area contributed by atoms with Crippen LogP contribution in [0, 0.1) is 5.92 Å². The first-order chi connectivity index (χ1) is 8.41. The molecular formula is C15H25N2O+. The van der Waals surface area contributed by atoms with Crippen LogP contribution in [-0.2, 0) is 4.79 Å². The van der Waals surface area contributed by atoms with Gasteiger partial charge in [-0.15, -0.1) is 0 Å². The van der Waals surface area contributed by atoms with E-state index in [1.54, 1.807) is 0 Å². The normalized spacial score (nSPS) is 13.0. The summed E-state index contributed by atoms with van der Waals surface area (Å²) in [5, 5.41) is 2.03. The molecular weight excluding hydrogens is 224 g/mol. The van der Waals surface area contributed by atoms with Gasteiger partial charge in [0.15, 0.2) is 6.54 Å². The monoisotopic (exact) mass is 249 g/mol. The molecule has 0 fully saturated rings. The molecule has 1 aromatic carbocycles. The maximum absolute atomic E-state index is 10.9. The second kappa shape index (κ2) is 6.55. The highest BCUT2D eigenvalue weighted by molar-refractivity contribution is 5.74. The lowest BCUT2D eigenvalue weighted by Crippen LogP contribution is -2.88. The van der Waals surface area contributed by atoms with Gasteiger partial charge in [0, 0.05) is 11.5 Å². The number of primary amides is 1. The zero-order valence-corrected chi connectivity index (χ0v) is 11.8. The van der Waals surface area contributed by atoms with Gasteiger partial charge in [-0.2, -0.15) is 0 Å². The summed E-state index contributed by atoms with van der Waals surface area (Å²) < 4.78 is 0. The van der Waals surface area contributed by atoms with Crippen LogP contribution in [0.5, 0.6) is 0 Å². The van der Waals surface area contributed by atoms with Gasteiger partial charge in [0.2, 0.25) is 0 Å². The third kappa shape index (κ3) is 4.15. The van der Waals surface area contributed by atoms with E-state index in [0.717, 1.165) is 0 Å². The molecule has 0 saturated carbocycles. The quantitative estimate of drug-likeness (QED) is 0.789. The minimum Gasteiger partial charge on any atom is -0.365 e. The van der Waals surface area contributed by atoms with Gasteiger partial charge in [-0.3, -0.25) is 4.79 Å². The molecule has 0 aliphatic rings. The molecule has 18 heavy (non-hydrogen) atoms. The van der Waals surface area contributed by atoms with E-state index < -0.39 is 0 Å². The summed E-state index contributed by atoms with van der Waals surface area (Å²) in [6.45, 7) is 9.05. The average molecular weight is 249 g/mol. The fourth-order valence-corrected chi connectivity index (χ4v) is 2.14. The van der Waals surface area contributed by atoms with E-state index >= 15 is 0 Å². The van der Waals surface area contributed by atoms with Gasteiger partial charge in [0.05, 0.1) is 0 Å². The van der Waals surface area contributed by atoms with Crippen LogP contribution in [0.2, 0.25) is 0 Å². The van der Waals surface area contributed by atoms with Crippen LogP contribution in [0.1, 0.15) is 50.8 Å². The van der Waals surface area contributed by atoms with Crippen LogP contribution < -0.4 is 11.1 Å². The summed E-state index contributed by atoms with van der Waals surface area (Å²) in [6.07, 6.45) is 0. The maximum Gasteiger partial charge on any atom is 0.272 e. The molecule has 1 amide bonds. The lowest BCUT2D eigenvalue weighted by molar-refractivity contribution is -0.692. The van der Waals surface area contributed by atoms with E-state index in [0.29, 0.717) is 24.4 Å². The third-order valence-electron chi connectivity index (χ3n) is 3.28. The number of hydrogen-bond acceptors (Lipinski definition) is 1. The highest BCUT2D eigenvalue weighted by Gasteiger charge is 2.19. The molecule has 0 radical (unpaired) electrons. The molecule has 0 aliphatic heterocycles. The summed E-state index contributed by atoms with van der Waals surface area (Å²) in [6, 6.07) is 8.97. The van der Waals surface area contributed by atoms with Crippen LogP contribution in [0.3, 0.4) is 0 Å². The molecule has 100 valence electrons. The molecule has 3 heteroatoms. The highest BCUT2D eigenvalue weighted by Crippen LogP contribution is 2.21. The Labute approximate surface area is 110 Å². The van der Waals surface area contributed by atoms with Crippen LogP contribution in [0.4, 0.5) is 0 Å². The second-order valence-corrected chi connectivity index (χ2v) is 5.50. The Balaban J connectivity index is 2.82. The maximum atomic E-state index is 10.9. The van der Waals surface area contributed by atoms with Crippen molar-refractivity contribution in [2.45, 2.75) is 39.7 Å². The number of carbonyl (C=O) groups excluding carboxylic acids is 1. The van der Waals surface area contributed by atoms with Crippen molar-refractivity contribution in [1.29, 1.82) is 0 Å². The van der Waals surface area contributed by atoms with E-state index in [-0.39, 0.29) is 5.91 Å². The Bertz CT molecular complexity index is 382. The zero-order valence-electron chi connectivity index (χ0n) is 11.8. The Morgan fingerprint density at radius 2 is 1.61 bits per heavy atom. The lowest BCUT2D eigenvalue weighted by Gasteiger charge is -2.19. The van der Waals surface area contributed by atoms with E-state index in [2.05, 4.69) is 52.0 Å². The second-order valence-electron chi connectivity index (χ2n) is 5.50. The van der Waals surface area contributed by atoms with Gasteiger partial charge in [-0.05, 0) is 11.5 Å². The van der Waals surface area contributed by atoms with Gasteiger partial charge in [-0.1, -0.05) is 52.0 Å². The molecule has 0 heterocycles. The highest BCUT2D eigenvalue weighted by atomic mass is 16.1. The molecule has 0 spiro atoms. The van der Waals surface area contributed by atoms with E-state index in [9.17, 15) is 4.79 Å². The molecule has 1 atom stereocenters. The number of quaternary nitrogens is 1. The molecule has 4 N–H and O–H groups in total. The summed E-state index contributed by atoms with van der Waals surface area (Å²) in [4.78, 5) is 10.9. The molecule has 0 bridgehead atoms.